The molecule has 1 rings (SSSR count). The third-order valence-corrected chi connectivity index (χ3v) is 2.11. The van der Waals surface area contributed by atoms with E-state index in [-0.39, 0.29) is 11.8 Å². The normalized spacial score (nSPS) is 12.5. The largest absolute Gasteiger partial charge is 0.507 e. The summed E-state index contributed by atoms with van der Waals surface area (Å²) in [5.74, 6) is 0.760. The molecular weight excluding hydrogens is 180 g/mol. The van der Waals surface area contributed by atoms with Gasteiger partial charge in [0.1, 0.15) is 11.5 Å². The second-order valence-corrected chi connectivity index (χ2v) is 3.08. The Hall–Kier alpha value is -1.26. The Labute approximate surface area is 83.5 Å². The maximum absolute atomic E-state index is 9.62. The smallest absolute Gasteiger partial charge is 0.127 e. The van der Waals surface area contributed by atoms with Crippen molar-refractivity contribution in [2.24, 2.45) is 11.5 Å². The average Bonchev–Trinajstić information content (AvgIpc) is 2.17. The Morgan fingerprint density at radius 2 is 2.21 bits per heavy atom. The van der Waals surface area contributed by atoms with Crippen LogP contribution in [0, 0.1) is 0 Å². The molecule has 0 spiro atoms. The Bertz CT molecular complexity index is 302. The van der Waals surface area contributed by atoms with E-state index in [4.69, 9.17) is 16.2 Å². The summed E-state index contributed by atoms with van der Waals surface area (Å²) in [5, 5.41) is 9.62. The molecule has 1 aromatic carbocycles. The van der Waals surface area contributed by atoms with Crippen LogP contribution in [-0.2, 0) is 0 Å². The Morgan fingerprint density at radius 1 is 1.50 bits per heavy atom. The lowest BCUT2D eigenvalue weighted by atomic mass is 10.0. The molecule has 78 valence electrons. The van der Waals surface area contributed by atoms with Gasteiger partial charge in [0, 0.05) is 6.04 Å². The quantitative estimate of drug-likeness (QED) is 0.663. The zero-order valence-electron chi connectivity index (χ0n) is 8.23. The number of methoxy groups -OCH3 is 1. The van der Waals surface area contributed by atoms with Crippen LogP contribution in [-0.4, -0.2) is 18.8 Å². The van der Waals surface area contributed by atoms with Gasteiger partial charge in [-0.1, -0.05) is 6.07 Å². The highest BCUT2D eigenvalue weighted by Crippen LogP contribution is 2.32. The van der Waals surface area contributed by atoms with Gasteiger partial charge in [-0.15, -0.1) is 0 Å². The number of aromatic hydroxyl groups is 1. The molecule has 0 fully saturated rings. The van der Waals surface area contributed by atoms with Crippen LogP contribution in [0.4, 0.5) is 0 Å². The molecule has 0 saturated carbocycles. The minimum Gasteiger partial charge on any atom is -0.507 e. The second-order valence-electron chi connectivity index (χ2n) is 3.08. The van der Waals surface area contributed by atoms with Gasteiger partial charge in [0.25, 0.3) is 0 Å². The highest BCUT2D eigenvalue weighted by molar-refractivity contribution is 5.45. The Kier molecular flexibility index (Phi) is 3.73. The first-order valence-electron chi connectivity index (χ1n) is 4.52. The number of ether oxygens (including phenoxy) is 1. The van der Waals surface area contributed by atoms with E-state index < -0.39 is 0 Å². The van der Waals surface area contributed by atoms with Gasteiger partial charge in [-0.05, 0) is 25.1 Å². The van der Waals surface area contributed by atoms with Crippen molar-refractivity contribution in [1.29, 1.82) is 0 Å². The molecule has 0 aliphatic rings. The predicted molar refractivity (Wildman–Crippen MR) is 55.3 cm³/mol. The number of phenols is 1. The van der Waals surface area contributed by atoms with Gasteiger partial charge in [0.05, 0.1) is 12.7 Å². The van der Waals surface area contributed by atoms with Crippen molar-refractivity contribution >= 4 is 0 Å². The Morgan fingerprint density at radius 3 is 2.79 bits per heavy atom. The summed E-state index contributed by atoms with van der Waals surface area (Å²) in [6.45, 7) is 0.485. The van der Waals surface area contributed by atoms with Crippen molar-refractivity contribution in [3.8, 4) is 11.5 Å². The number of phenolic OH excluding ortho intramolecular Hbond substituents is 1. The van der Waals surface area contributed by atoms with Gasteiger partial charge < -0.3 is 21.3 Å². The van der Waals surface area contributed by atoms with E-state index in [0.717, 1.165) is 0 Å². The van der Waals surface area contributed by atoms with Crippen LogP contribution in [0.25, 0.3) is 0 Å². The fourth-order valence-electron chi connectivity index (χ4n) is 1.41. The number of nitrogens with two attached hydrogens (primary N) is 2. The molecule has 0 radical (unpaired) electrons. The lowest BCUT2D eigenvalue weighted by Crippen LogP contribution is -2.16. The molecular formula is C10H16N2O2. The predicted octanol–water partition coefficient (Wildman–Crippen LogP) is 0.749. The van der Waals surface area contributed by atoms with Gasteiger partial charge in [0.15, 0.2) is 0 Å². The van der Waals surface area contributed by atoms with Gasteiger partial charge in [-0.25, -0.2) is 0 Å². The van der Waals surface area contributed by atoms with E-state index in [1.165, 1.54) is 0 Å². The second kappa shape index (κ2) is 4.83. The number of benzene rings is 1. The molecule has 14 heavy (non-hydrogen) atoms. The van der Waals surface area contributed by atoms with Crippen molar-refractivity contribution < 1.29 is 9.84 Å². The number of rotatable bonds is 4. The molecule has 0 amide bonds. The summed E-state index contributed by atoms with van der Waals surface area (Å²) in [5.41, 5.74) is 11.9. The molecule has 0 aliphatic carbocycles. The first-order valence-corrected chi connectivity index (χ1v) is 4.52. The standard InChI is InChI=1S/C10H16N2O2/c1-14-9-4-2-3-8(13)10(9)7(12)5-6-11/h2-4,7,13H,5-6,11-12H2,1H3/t7-/m1/s1. The molecule has 0 heterocycles. The molecule has 1 atom stereocenters. The van der Waals surface area contributed by atoms with Crippen LogP contribution in [0.1, 0.15) is 18.0 Å². The van der Waals surface area contributed by atoms with Gasteiger partial charge in [0.2, 0.25) is 0 Å². The fourth-order valence-corrected chi connectivity index (χ4v) is 1.41. The van der Waals surface area contributed by atoms with Crippen LogP contribution < -0.4 is 16.2 Å². The van der Waals surface area contributed by atoms with E-state index >= 15 is 0 Å². The van der Waals surface area contributed by atoms with Crippen LogP contribution in [0.2, 0.25) is 0 Å². The average molecular weight is 196 g/mol. The molecule has 4 nitrogen and oxygen atoms in total. The Balaban J connectivity index is 3.03. The lowest BCUT2D eigenvalue weighted by Gasteiger charge is -2.16. The highest BCUT2D eigenvalue weighted by Gasteiger charge is 2.15. The van der Waals surface area contributed by atoms with Crippen molar-refractivity contribution in [1.82, 2.24) is 0 Å². The summed E-state index contributed by atoms with van der Waals surface area (Å²) in [7, 11) is 1.55. The minimum absolute atomic E-state index is 0.158. The van der Waals surface area contributed by atoms with Crippen molar-refractivity contribution in [2.75, 3.05) is 13.7 Å². The zero-order valence-corrected chi connectivity index (χ0v) is 8.23. The third kappa shape index (κ3) is 2.16. The first-order chi connectivity index (χ1) is 6.70. The van der Waals surface area contributed by atoms with E-state index in [1.807, 2.05) is 0 Å². The molecule has 0 aliphatic heterocycles. The maximum Gasteiger partial charge on any atom is 0.127 e. The SMILES string of the molecule is COc1cccc(O)c1[C@H](N)CCN. The molecule has 0 aromatic heterocycles. The topological polar surface area (TPSA) is 81.5 Å². The van der Waals surface area contributed by atoms with Crippen molar-refractivity contribution in [3.05, 3.63) is 23.8 Å². The fraction of sp³-hybridized carbons (Fsp3) is 0.400. The van der Waals surface area contributed by atoms with Gasteiger partial charge in [-0.2, -0.15) is 0 Å². The monoisotopic (exact) mass is 196 g/mol. The van der Waals surface area contributed by atoms with Crippen LogP contribution >= 0.6 is 0 Å². The highest BCUT2D eigenvalue weighted by atomic mass is 16.5. The summed E-state index contributed by atoms with van der Waals surface area (Å²) >= 11 is 0. The molecule has 5 N–H and O–H groups in total. The van der Waals surface area contributed by atoms with E-state index in [9.17, 15) is 5.11 Å². The van der Waals surface area contributed by atoms with E-state index in [1.54, 1.807) is 25.3 Å². The van der Waals surface area contributed by atoms with E-state index in [0.29, 0.717) is 24.3 Å². The summed E-state index contributed by atoms with van der Waals surface area (Å²) in [6.07, 6.45) is 0.619. The van der Waals surface area contributed by atoms with Crippen LogP contribution in [0.5, 0.6) is 11.5 Å². The molecule has 0 unspecified atom stereocenters. The van der Waals surface area contributed by atoms with Crippen molar-refractivity contribution in [2.45, 2.75) is 12.5 Å². The van der Waals surface area contributed by atoms with Gasteiger partial charge >= 0.3 is 0 Å². The summed E-state index contributed by atoms with van der Waals surface area (Å²) in [4.78, 5) is 0. The minimum atomic E-state index is -0.281. The number of hydrogen-bond acceptors (Lipinski definition) is 4. The number of hydrogen-bond donors (Lipinski definition) is 3. The van der Waals surface area contributed by atoms with Crippen LogP contribution in [0.3, 0.4) is 0 Å². The van der Waals surface area contributed by atoms with Crippen molar-refractivity contribution in [3.63, 3.8) is 0 Å². The van der Waals surface area contributed by atoms with E-state index in [2.05, 4.69) is 0 Å². The molecule has 4 heteroatoms. The molecule has 0 saturated heterocycles. The summed E-state index contributed by atoms with van der Waals surface area (Å²) < 4.78 is 5.11. The van der Waals surface area contributed by atoms with Crippen LogP contribution in [0.15, 0.2) is 18.2 Å². The lowest BCUT2D eigenvalue weighted by molar-refractivity contribution is 0.392. The first kappa shape index (κ1) is 10.8. The molecule has 0 bridgehead atoms. The third-order valence-electron chi connectivity index (χ3n) is 2.11. The maximum atomic E-state index is 9.62. The molecule has 1 aromatic rings. The van der Waals surface area contributed by atoms with Gasteiger partial charge in [-0.3, -0.25) is 0 Å². The summed E-state index contributed by atoms with van der Waals surface area (Å²) in [6, 6.07) is 4.79. The zero-order chi connectivity index (χ0) is 10.6.